The minimum Gasteiger partial charge on any atom is -0.481 e. The number of allylic oxidation sites excluding steroid dienone is 2. The summed E-state index contributed by atoms with van der Waals surface area (Å²) in [5, 5.41) is 9.04. The Kier molecular flexibility index (Phi) is 5.55. The fourth-order valence-corrected chi connectivity index (χ4v) is 5.00. The molecule has 2 aliphatic rings. The maximum Gasteiger partial charge on any atom is 0.307 e. The van der Waals surface area contributed by atoms with Gasteiger partial charge in [-0.25, -0.2) is 0 Å². The van der Waals surface area contributed by atoms with Gasteiger partial charge in [0.2, 0.25) is 0 Å². The molecule has 0 saturated carbocycles. The molecular formula is C27H30O3. The van der Waals surface area contributed by atoms with Crippen LogP contribution in [0.3, 0.4) is 0 Å². The van der Waals surface area contributed by atoms with Gasteiger partial charge in [-0.1, -0.05) is 37.3 Å². The summed E-state index contributed by atoms with van der Waals surface area (Å²) in [5.41, 5.74) is 9.96. The maximum atomic E-state index is 11.0. The molecule has 0 bridgehead atoms. The molecule has 0 amide bonds. The summed E-state index contributed by atoms with van der Waals surface area (Å²) in [5.74, 6) is 1.35. The number of aliphatic carboxylic acids is 1. The highest BCUT2D eigenvalue weighted by Crippen LogP contribution is 2.42. The molecule has 0 heterocycles. The van der Waals surface area contributed by atoms with Gasteiger partial charge in [0.15, 0.2) is 0 Å². The highest BCUT2D eigenvalue weighted by atomic mass is 16.5. The van der Waals surface area contributed by atoms with Crippen molar-refractivity contribution in [1.29, 1.82) is 0 Å². The number of hydrogen-bond acceptors (Lipinski definition) is 2. The van der Waals surface area contributed by atoms with E-state index in [1.165, 1.54) is 33.4 Å². The predicted molar refractivity (Wildman–Crippen MR) is 121 cm³/mol. The van der Waals surface area contributed by atoms with E-state index < -0.39 is 5.97 Å². The first-order valence-electron chi connectivity index (χ1n) is 10.8. The van der Waals surface area contributed by atoms with E-state index >= 15 is 0 Å². The SMILES string of the molecule is C=C(CC(=O)O)CC(C)c1cc(C)c(Oc2ccc3c(c2)C(C)=CC3)c2c1CCC2. The average molecular weight is 403 g/mol. The van der Waals surface area contributed by atoms with Crippen LogP contribution in [0.1, 0.15) is 72.4 Å². The number of fused-ring (bicyclic) bond motifs is 2. The normalized spacial score (nSPS) is 15.4. The fourth-order valence-electron chi connectivity index (χ4n) is 5.00. The molecule has 30 heavy (non-hydrogen) atoms. The molecule has 0 saturated heterocycles. The van der Waals surface area contributed by atoms with Crippen LogP contribution >= 0.6 is 0 Å². The van der Waals surface area contributed by atoms with Crippen LogP contribution < -0.4 is 4.74 Å². The molecule has 0 fully saturated rings. The topological polar surface area (TPSA) is 46.5 Å². The summed E-state index contributed by atoms with van der Waals surface area (Å²) in [4.78, 5) is 11.0. The van der Waals surface area contributed by atoms with Crippen molar-refractivity contribution in [2.75, 3.05) is 0 Å². The van der Waals surface area contributed by atoms with E-state index in [1.54, 1.807) is 0 Å². The van der Waals surface area contributed by atoms with Gasteiger partial charge in [0.25, 0.3) is 0 Å². The fraction of sp³-hybridized carbons (Fsp3) is 0.370. The Morgan fingerprint density at radius 2 is 1.97 bits per heavy atom. The molecule has 3 heteroatoms. The van der Waals surface area contributed by atoms with E-state index in [4.69, 9.17) is 9.84 Å². The van der Waals surface area contributed by atoms with Gasteiger partial charge in [0, 0.05) is 0 Å². The molecule has 0 spiro atoms. The number of benzene rings is 2. The van der Waals surface area contributed by atoms with Gasteiger partial charge in [-0.3, -0.25) is 4.79 Å². The number of carbonyl (C=O) groups is 1. The number of ether oxygens (including phenoxy) is 1. The molecule has 4 rings (SSSR count). The summed E-state index contributed by atoms with van der Waals surface area (Å²) in [7, 11) is 0. The monoisotopic (exact) mass is 402 g/mol. The van der Waals surface area contributed by atoms with Crippen LogP contribution in [-0.4, -0.2) is 11.1 Å². The predicted octanol–water partition coefficient (Wildman–Crippen LogP) is 6.76. The molecule has 1 unspecified atom stereocenters. The zero-order valence-corrected chi connectivity index (χ0v) is 18.2. The molecule has 1 atom stereocenters. The van der Waals surface area contributed by atoms with E-state index in [-0.39, 0.29) is 12.3 Å². The van der Waals surface area contributed by atoms with Crippen LogP contribution in [0.25, 0.3) is 5.57 Å². The van der Waals surface area contributed by atoms with Crippen LogP contribution in [-0.2, 0) is 24.1 Å². The van der Waals surface area contributed by atoms with Crippen molar-refractivity contribution in [3.05, 3.63) is 75.9 Å². The van der Waals surface area contributed by atoms with Crippen molar-refractivity contribution >= 4 is 11.5 Å². The molecule has 2 aromatic carbocycles. The third-order valence-electron chi connectivity index (χ3n) is 6.45. The minimum atomic E-state index is -0.809. The second kappa shape index (κ2) is 8.14. The summed E-state index contributed by atoms with van der Waals surface area (Å²) < 4.78 is 6.47. The Balaban J connectivity index is 1.63. The van der Waals surface area contributed by atoms with Gasteiger partial charge in [0.05, 0.1) is 6.42 Å². The van der Waals surface area contributed by atoms with Crippen molar-refractivity contribution in [2.45, 2.75) is 65.2 Å². The zero-order valence-electron chi connectivity index (χ0n) is 18.2. The summed E-state index contributed by atoms with van der Waals surface area (Å²) >= 11 is 0. The molecule has 0 aromatic heterocycles. The van der Waals surface area contributed by atoms with Crippen LogP contribution in [0.2, 0.25) is 0 Å². The highest BCUT2D eigenvalue weighted by Gasteiger charge is 2.25. The summed E-state index contributed by atoms with van der Waals surface area (Å²) in [6.45, 7) is 10.4. The standard InChI is InChI=1S/C27H30O3/c1-16(13-26(28)29)12-18(3)25-14-19(4)27(23-7-5-6-22(23)25)30-21-11-10-20-9-8-17(2)24(20)15-21/h8,10-11,14-15,18H,1,5-7,9,12-13H2,2-4H3,(H,28,29). The Morgan fingerprint density at radius 3 is 2.73 bits per heavy atom. The van der Waals surface area contributed by atoms with E-state index in [9.17, 15) is 4.79 Å². The van der Waals surface area contributed by atoms with Crippen LogP contribution in [0.5, 0.6) is 11.5 Å². The lowest BCUT2D eigenvalue weighted by Gasteiger charge is -2.21. The third-order valence-corrected chi connectivity index (χ3v) is 6.45. The lowest BCUT2D eigenvalue weighted by atomic mass is 9.86. The second-order valence-electron chi connectivity index (χ2n) is 8.86. The lowest BCUT2D eigenvalue weighted by molar-refractivity contribution is -0.136. The van der Waals surface area contributed by atoms with E-state index in [2.05, 4.69) is 57.7 Å². The van der Waals surface area contributed by atoms with Crippen molar-refractivity contribution in [2.24, 2.45) is 0 Å². The molecular weight excluding hydrogens is 372 g/mol. The van der Waals surface area contributed by atoms with Gasteiger partial charge in [-0.05, 0) is 103 Å². The number of aryl methyl sites for hydroxylation is 1. The molecule has 0 radical (unpaired) electrons. The summed E-state index contributed by atoms with van der Waals surface area (Å²) in [6, 6.07) is 8.67. The van der Waals surface area contributed by atoms with Crippen molar-refractivity contribution in [1.82, 2.24) is 0 Å². The van der Waals surface area contributed by atoms with Gasteiger partial charge < -0.3 is 9.84 Å². The van der Waals surface area contributed by atoms with Gasteiger partial charge in [-0.15, -0.1) is 0 Å². The van der Waals surface area contributed by atoms with Gasteiger partial charge in [0.1, 0.15) is 11.5 Å². The van der Waals surface area contributed by atoms with Gasteiger partial charge in [-0.2, -0.15) is 0 Å². The number of hydrogen-bond donors (Lipinski definition) is 1. The zero-order chi connectivity index (χ0) is 21.4. The molecule has 3 nitrogen and oxygen atoms in total. The van der Waals surface area contributed by atoms with Gasteiger partial charge >= 0.3 is 5.97 Å². The lowest BCUT2D eigenvalue weighted by Crippen LogP contribution is -2.05. The van der Waals surface area contributed by atoms with E-state index in [0.717, 1.165) is 48.3 Å². The van der Waals surface area contributed by atoms with Crippen molar-refractivity contribution in [3.63, 3.8) is 0 Å². The smallest absolute Gasteiger partial charge is 0.307 e. The van der Waals surface area contributed by atoms with Crippen molar-refractivity contribution in [3.8, 4) is 11.5 Å². The number of carboxylic acids is 1. The van der Waals surface area contributed by atoms with Crippen LogP contribution in [0.4, 0.5) is 0 Å². The summed E-state index contributed by atoms with van der Waals surface area (Å²) in [6.07, 6.45) is 7.25. The van der Waals surface area contributed by atoms with Crippen LogP contribution in [0, 0.1) is 6.92 Å². The molecule has 1 N–H and O–H groups in total. The Bertz CT molecular complexity index is 1060. The van der Waals surface area contributed by atoms with E-state index in [0.29, 0.717) is 6.42 Å². The average Bonchev–Trinajstić information content (AvgIpc) is 3.30. The van der Waals surface area contributed by atoms with Crippen LogP contribution in [0.15, 0.2) is 42.5 Å². The minimum absolute atomic E-state index is 0.0406. The maximum absolute atomic E-state index is 11.0. The molecule has 0 aliphatic heterocycles. The highest BCUT2D eigenvalue weighted by molar-refractivity contribution is 5.73. The van der Waals surface area contributed by atoms with E-state index in [1.807, 2.05) is 0 Å². The Labute approximate surface area is 179 Å². The Hall–Kier alpha value is -2.81. The first kappa shape index (κ1) is 20.5. The molecule has 2 aliphatic carbocycles. The quantitative estimate of drug-likeness (QED) is 0.520. The molecule has 2 aromatic rings. The first-order chi connectivity index (χ1) is 14.3. The Morgan fingerprint density at radius 1 is 1.20 bits per heavy atom. The second-order valence-corrected chi connectivity index (χ2v) is 8.86. The number of carboxylic acid groups (broad SMARTS) is 1. The third kappa shape index (κ3) is 3.94. The largest absolute Gasteiger partial charge is 0.481 e. The first-order valence-corrected chi connectivity index (χ1v) is 10.8. The van der Waals surface area contributed by atoms with Crippen molar-refractivity contribution < 1.29 is 14.6 Å². The number of rotatable bonds is 7. The molecule has 156 valence electrons.